The van der Waals surface area contributed by atoms with Crippen LogP contribution >= 0.6 is 0 Å². The van der Waals surface area contributed by atoms with Crippen molar-refractivity contribution >= 4 is 23.5 Å². The minimum Gasteiger partial charge on any atom is -0.380 e. The molecule has 1 aromatic carbocycles. The minimum absolute atomic E-state index is 0.154. The zero-order chi connectivity index (χ0) is 25.1. The van der Waals surface area contributed by atoms with E-state index in [9.17, 15) is 0 Å². The third-order valence-electron chi connectivity index (χ3n) is 6.68. The molecule has 0 unspecified atom stereocenters. The van der Waals surface area contributed by atoms with Crippen LogP contribution in [0.15, 0.2) is 61.4 Å². The summed E-state index contributed by atoms with van der Waals surface area (Å²) in [6, 6.07) is 10.4. The number of hydrogen-bond acceptors (Lipinski definition) is 10. The predicted molar refractivity (Wildman–Crippen MR) is 140 cm³/mol. The number of aromatic nitrogens is 7. The Morgan fingerprint density at radius 2 is 1.59 bits per heavy atom. The second-order valence-corrected chi connectivity index (χ2v) is 9.99. The van der Waals surface area contributed by atoms with E-state index >= 15 is 0 Å². The van der Waals surface area contributed by atoms with Crippen molar-refractivity contribution in [3.63, 3.8) is 0 Å². The maximum atomic E-state index is 5.34. The molecule has 6 rings (SSSR count). The van der Waals surface area contributed by atoms with Crippen LogP contribution in [-0.4, -0.2) is 74.1 Å². The predicted octanol–water partition coefficient (Wildman–Crippen LogP) is 2.56. The molecule has 0 radical (unpaired) electrons. The lowest BCUT2D eigenvalue weighted by molar-refractivity contribution is -0.111. The highest BCUT2D eigenvalue weighted by molar-refractivity contribution is 5.51. The van der Waals surface area contributed by atoms with Crippen molar-refractivity contribution in [3.8, 4) is 0 Å². The van der Waals surface area contributed by atoms with Crippen LogP contribution in [0.2, 0.25) is 0 Å². The number of nitrogens with zero attached hydrogens (tertiary/aromatic N) is 9. The molecule has 11 heteroatoms. The minimum atomic E-state index is 0.154. The van der Waals surface area contributed by atoms with Crippen molar-refractivity contribution in [2.45, 2.75) is 19.9 Å². The number of benzene rings is 1. The normalized spacial score (nSPS) is 16.9. The van der Waals surface area contributed by atoms with Gasteiger partial charge in [0.2, 0.25) is 17.8 Å². The van der Waals surface area contributed by atoms with Gasteiger partial charge in [-0.2, -0.15) is 10.1 Å². The van der Waals surface area contributed by atoms with Gasteiger partial charge in [-0.05, 0) is 11.1 Å². The Bertz CT molecular complexity index is 1310. The van der Waals surface area contributed by atoms with E-state index in [4.69, 9.17) is 4.74 Å². The Labute approximate surface area is 215 Å². The van der Waals surface area contributed by atoms with Crippen LogP contribution in [0.4, 0.5) is 23.5 Å². The molecule has 0 aliphatic carbocycles. The fraction of sp³-hybridized carbons (Fsp3) is 0.385. The average Bonchev–Trinajstić information content (AvgIpc) is 3.35. The Morgan fingerprint density at radius 1 is 0.865 bits per heavy atom. The van der Waals surface area contributed by atoms with E-state index < -0.39 is 0 Å². The molecule has 0 spiro atoms. The first-order valence-corrected chi connectivity index (χ1v) is 12.5. The van der Waals surface area contributed by atoms with Gasteiger partial charge in [0.1, 0.15) is 6.33 Å². The van der Waals surface area contributed by atoms with Crippen molar-refractivity contribution in [1.82, 2.24) is 34.7 Å². The van der Waals surface area contributed by atoms with Gasteiger partial charge in [-0.25, -0.2) is 19.9 Å². The molecule has 1 N–H and O–H groups in total. The number of ether oxygens (including phenoxy) is 1. The van der Waals surface area contributed by atoms with Gasteiger partial charge in [0.25, 0.3) is 0 Å². The molecule has 2 fully saturated rings. The Kier molecular flexibility index (Phi) is 6.35. The molecule has 0 amide bonds. The summed E-state index contributed by atoms with van der Waals surface area (Å²) in [7, 11) is 0. The zero-order valence-corrected chi connectivity index (χ0v) is 20.9. The second-order valence-electron chi connectivity index (χ2n) is 9.99. The van der Waals surface area contributed by atoms with Crippen LogP contribution in [0.1, 0.15) is 18.1 Å². The first-order valence-electron chi connectivity index (χ1n) is 12.5. The summed E-state index contributed by atoms with van der Waals surface area (Å²) < 4.78 is 7.27. The second kappa shape index (κ2) is 10.1. The Balaban J connectivity index is 1.03. The number of anilines is 4. The van der Waals surface area contributed by atoms with E-state index in [1.807, 2.05) is 29.3 Å². The fourth-order valence-electron chi connectivity index (χ4n) is 4.62. The van der Waals surface area contributed by atoms with Gasteiger partial charge in [-0.3, -0.25) is 4.68 Å². The molecule has 2 aliphatic heterocycles. The molecule has 4 aromatic rings. The Morgan fingerprint density at radius 3 is 2.30 bits per heavy atom. The fourth-order valence-corrected chi connectivity index (χ4v) is 4.62. The summed E-state index contributed by atoms with van der Waals surface area (Å²) in [5, 5.41) is 7.70. The van der Waals surface area contributed by atoms with Crippen LogP contribution < -0.4 is 15.1 Å². The number of piperazine rings is 1. The highest BCUT2D eigenvalue weighted by Crippen LogP contribution is 2.28. The largest absolute Gasteiger partial charge is 0.380 e. The van der Waals surface area contributed by atoms with Crippen LogP contribution in [0, 0.1) is 5.41 Å². The molecule has 0 saturated carbocycles. The molecule has 0 atom stereocenters. The van der Waals surface area contributed by atoms with Crippen LogP contribution in [0.3, 0.4) is 0 Å². The van der Waals surface area contributed by atoms with E-state index in [0.29, 0.717) is 11.9 Å². The van der Waals surface area contributed by atoms with Gasteiger partial charge in [-0.15, -0.1) is 0 Å². The molecule has 0 bridgehead atoms. The van der Waals surface area contributed by atoms with Crippen molar-refractivity contribution < 1.29 is 4.74 Å². The van der Waals surface area contributed by atoms with E-state index in [0.717, 1.165) is 69.6 Å². The Hall–Kier alpha value is -4.12. The van der Waals surface area contributed by atoms with Gasteiger partial charge in [0.05, 0.1) is 31.6 Å². The number of hydrogen-bond donors (Lipinski definition) is 1. The maximum absolute atomic E-state index is 5.34. The van der Waals surface area contributed by atoms with E-state index in [1.165, 1.54) is 5.56 Å². The standard InChI is InChI=1S/C26H30N10O/c1-26(17-37-18-26)16-36-15-22(14-31-36)32-23-29-19-30-25(33-23)35-9-7-34(8-10-35)24-27-12-21(13-28-24)11-20-5-3-2-4-6-20/h2-6,12-15,19H,7-11,16-18H2,1H3,(H,29,30,32,33). The lowest BCUT2D eigenvalue weighted by Crippen LogP contribution is -2.47. The van der Waals surface area contributed by atoms with Crippen LogP contribution in [0.25, 0.3) is 0 Å². The molecular formula is C26H30N10O. The first-order chi connectivity index (χ1) is 18.1. The van der Waals surface area contributed by atoms with Gasteiger partial charge in [-0.1, -0.05) is 37.3 Å². The zero-order valence-electron chi connectivity index (χ0n) is 20.9. The van der Waals surface area contributed by atoms with Crippen LogP contribution in [0.5, 0.6) is 0 Å². The molecule has 2 aliphatic rings. The van der Waals surface area contributed by atoms with Crippen molar-refractivity contribution in [2.24, 2.45) is 5.41 Å². The smallest absolute Gasteiger partial charge is 0.232 e. The lowest BCUT2D eigenvalue weighted by atomic mass is 9.89. The van der Waals surface area contributed by atoms with Crippen molar-refractivity contribution in [2.75, 3.05) is 54.5 Å². The topological polar surface area (TPSA) is 110 Å². The van der Waals surface area contributed by atoms with Gasteiger partial charge < -0.3 is 19.9 Å². The quantitative estimate of drug-likeness (QED) is 0.389. The highest BCUT2D eigenvalue weighted by atomic mass is 16.5. The molecule has 5 heterocycles. The number of nitrogens with one attached hydrogen (secondary N) is 1. The van der Waals surface area contributed by atoms with Crippen LogP contribution in [-0.2, 0) is 17.7 Å². The molecule has 3 aromatic heterocycles. The van der Waals surface area contributed by atoms with Crippen molar-refractivity contribution in [3.05, 3.63) is 72.6 Å². The van der Waals surface area contributed by atoms with Gasteiger partial charge in [0.15, 0.2) is 0 Å². The summed E-state index contributed by atoms with van der Waals surface area (Å²) >= 11 is 0. The van der Waals surface area contributed by atoms with E-state index in [2.05, 4.69) is 76.3 Å². The lowest BCUT2D eigenvalue weighted by Gasteiger charge is -2.37. The summed E-state index contributed by atoms with van der Waals surface area (Å²) in [5.74, 6) is 1.92. The third-order valence-corrected chi connectivity index (χ3v) is 6.68. The maximum Gasteiger partial charge on any atom is 0.232 e. The van der Waals surface area contributed by atoms with Gasteiger partial charge in [0, 0.05) is 56.6 Å². The molecule has 2 saturated heterocycles. The van der Waals surface area contributed by atoms with E-state index in [1.54, 1.807) is 12.5 Å². The first kappa shape index (κ1) is 23.3. The summed E-state index contributed by atoms with van der Waals surface area (Å²) in [5.41, 5.74) is 3.36. The molecular weight excluding hydrogens is 468 g/mol. The highest BCUT2D eigenvalue weighted by Gasteiger charge is 2.34. The van der Waals surface area contributed by atoms with Gasteiger partial charge >= 0.3 is 0 Å². The number of rotatable bonds is 8. The van der Waals surface area contributed by atoms with E-state index in [-0.39, 0.29) is 5.41 Å². The summed E-state index contributed by atoms with van der Waals surface area (Å²) in [6.07, 6.45) is 9.98. The molecule has 37 heavy (non-hydrogen) atoms. The third kappa shape index (κ3) is 5.51. The molecule has 11 nitrogen and oxygen atoms in total. The average molecular weight is 499 g/mol. The monoisotopic (exact) mass is 498 g/mol. The van der Waals surface area contributed by atoms with Crippen molar-refractivity contribution in [1.29, 1.82) is 0 Å². The summed E-state index contributed by atoms with van der Waals surface area (Å²) in [4.78, 5) is 26.9. The SMILES string of the molecule is CC1(Cn2cc(Nc3ncnc(N4CCN(c5ncc(Cc6ccccc6)cn5)CC4)n3)cn2)COC1. The summed E-state index contributed by atoms with van der Waals surface area (Å²) in [6.45, 7) is 7.70. The molecule has 190 valence electrons.